The van der Waals surface area contributed by atoms with Gasteiger partial charge >= 0.3 is 0 Å². The van der Waals surface area contributed by atoms with E-state index in [4.69, 9.17) is 4.74 Å². The van der Waals surface area contributed by atoms with Crippen LogP contribution in [0.25, 0.3) is 10.1 Å². The fraction of sp³-hybridized carbons (Fsp3) is 0.568. The molecule has 242 valence electrons. The van der Waals surface area contributed by atoms with E-state index in [1.165, 1.54) is 41.9 Å². The van der Waals surface area contributed by atoms with Gasteiger partial charge in [0.1, 0.15) is 5.54 Å². The second kappa shape index (κ2) is 15.2. The van der Waals surface area contributed by atoms with Crippen molar-refractivity contribution in [3.8, 4) is 0 Å². The van der Waals surface area contributed by atoms with Crippen LogP contribution in [0.5, 0.6) is 0 Å². The van der Waals surface area contributed by atoms with Crippen LogP contribution in [-0.2, 0) is 16.0 Å². The highest BCUT2D eigenvalue weighted by Crippen LogP contribution is 2.33. The van der Waals surface area contributed by atoms with Crippen molar-refractivity contribution in [3.63, 3.8) is 0 Å². The van der Waals surface area contributed by atoms with Crippen molar-refractivity contribution in [2.24, 2.45) is 5.92 Å². The fourth-order valence-corrected chi connectivity index (χ4v) is 8.52. The number of rotatable bonds is 12. The molecule has 6 rings (SSSR count). The number of likely N-dealkylation sites (tertiary alicyclic amines) is 1. The first-order valence-corrected chi connectivity index (χ1v) is 18.0. The maximum Gasteiger partial charge on any atom is 0.262 e. The lowest BCUT2D eigenvalue weighted by molar-refractivity contribution is -0.128. The van der Waals surface area contributed by atoms with E-state index in [0.29, 0.717) is 17.7 Å². The van der Waals surface area contributed by atoms with Crippen LogP contribution in [0.2, 0.25) is 0 Å². The van der Waals surface area contributed by atoms with Crippen molar-refractivity contribution in [3.05, 3.63) is 70.6 Å². The van der Waals surface area contributed by atoms with Crippen LogP contribution in [0, 0.1) is 12.8 Å². The number of thiophene rings is 1. The predicted molar refractivity (Wildman–Crippen MR) is 183 cm³/mol. The zero-order chi connectivity index (χ0) is 31.1. The van der Waals surface area contributed by atoms with Crippen LogP contribution >= 0.6 is 11.3 Å². The number of nitrogens with one attached hydrogen (secondary N) is 2. The molecule has 8 heteroatoms. The molecule has 3 heterocycles. The van der Waals surface area contributed by atoms with Crippen LogP contribution in [0.4, 0.5) is 0 Å². The molecule has 2 aliphatic heterocycles. The Morgan fingerprint density at radius 2 is 1.73 bits per heavy atom. The molecule has 0 unspecified atom stereocenters. The summed E-state index contributed by atoms with van der Waals surface area (Å²) in [6.45, 7) is 10.6. The first-order chi connectivity index (χ1) is 22.0. The highest BCUT2D eigenvalue weighted by Gasteiger charge is 2.43. The van der Waals surface area contributed by atoms with Crippen molar-refractivity contribution in [1.82, 2.24) is 20.4 Å². The van der Waals surface area contributed by atoms with Gasteiger partial charge in [-0.05, 0) is 106 Å². The van der Waals surface area contributed by atoms with E-state index >= 15 is 0 Å². The van der Waals surface area contributed by atoms with E-state index in [-0.39, 0.29) is 17.9 Å². The molecular weight excluding hydrogens is 580 g/mol. The first-order valence-electron chi connectivity index (χ1n) is 17.2. The van der Waals surface area contributed by atoms with Gasteiger partial charge in [-0.1, -0.05) is 55.3 Å². The molecule has 0 radical (unpaired) electrons. The van der Waals surface area contributed by atoms with Crippen molar-refractivity contribution in [2.45, 2.75) is 76.3 Å². The van der Waals surface area contributed by atoms with Crippen LogP contribution < -0.4 is 10.6 Å². The van der Waals surface area contributed by atoms with E-state index in [9.17, 15) is 9.59 Å². The Labute approximate surface area is 272 Å². The van der Waals surface area contributed by atoms with E-state index < -0.39 is 5.54 Å². The Bertz CT molecular complexity index is 1410. The molecule has 0 bridgehead atoms. The maximum absolute atomic E-state index is 14.1. The number of morpholine rings is 1. The maximum atomic E-state index is 14.1. The van der Waals surface area contributed by atoms with Gasteiger partial charge in [0.2, 0.25) is 5.91 Å². The molecule has 2 saturated heterocycles. The number of nitrogens with zero attached hydrogens (tertiary/aromatic N) is 2. The minimum absolute atomic E-state index is 0.0184. The van der Waals surface area contributed by atoms with Crippen molar-refractivity contribution >= 4 is 33.2 Å². The van der Waals surface area contributed by atoms with Crippen LogP contribution in [-0.4, -0.2) is 85.7 Å². The zero-order valence-corrected chi connectivity index (χ0v) is 27.7. The zero-order valence-electron chi connectivity index (χ0n) is 26.9. The predicted octanol–water partition coefficient (Wildman–Crippen LogP) is 5.80. The fourth-order valence-electron chi connectivity index (χ4n) is 7.47. The molecule has 1 aliphatic carbocycles. The normalized spacial score (nSPS) is 20.3. The third-order valence-corrected chi connectivity index (χ3v) is 11.3. The summed E-state index contributed by atoms with van der Waals surface area (Å²) < 4.78 is 6.63. The summed E-state index contributed by atoms with van der Waals surface area (Å²) in [6, 6.07) is 18.7. The van der Waals surface area contributed by atoms with E-state index in [1.807, 2.05) is 12.1 Å². The summed E-state index contributed by atoms with van der Waals surface area (Å²) in [4.78, 5) is 33.5. The highest BCUT2D eigenvalue weighted by atomic mass is 32.1. The smallest absolute Gasteiger partial charge is 0.262 e. The van der Waals surface area contributed by atoms with Crippen molar-refractivity contribution < 1.29 is 14.3 Å². The molecular formula is C37H50N4O3S. The summed E-state index contributed by atoms with van der Waals surface area (Å²) in [6.07, 6.45) is 8.58. The number of amides is 2. The monoisotopic (exact) mass is 630 g/mol. The molecule has 1 atom stereocenters. The molecule has 2 aromatic carbocycles. The van der Waals surface area contributed by atoms with Gasteiger partial charge < -0.3 is 20.3 Å². The van der Waals surface area contributed by atoms with E-state index in [0.717, 1.165) is 94.0 Å². The number of carbonyl (C=O) groups excluding carboxylic acids is 2. The molecule has 2 N–H and O–H groups in total. The van der Waals surface area contributed by atoms with Gasteiger partial charge in [-0.25, -0.2) is 0 Å². The van der Waals surface area contributed by atoms with Gasteiger partial charge in [-0.15, -0.1) is 11.3 Å². The number of aryl methyl sites for hydroxylation is 1. The third kappa shape index (κ3) is 8.53. The van der Waals surface area contributed by atoms with Gasteiger partial charge in [-0.2, -0.15) is 0 Å². The van der Waals surface area contributed by atoms with Crippen molar-refractivity contribution in [1.29, 1.82) is 0 Å². The summed E-state index contributed by atoms with van der Waals surface area (Å²) in [7, 11) is 0. The molecule has 1 saturated carbocycles. The average Bonchev–Trinajstić information content (AvgIpc) is 3.71. The molecule has 7 nitrogen and oxygen atoms in total. The number of ether oxygens (including phenoxy) is 1. The van der Waals surface area contributed by atoms with E-state index in [2.05, 4.69) is 69.8 Å². The molecule has 3 aliphatic rings. The van der Waals surface area contributed by atoms with Crippen LogP contribution in [0.1, 0.15) is 72.2 Å². The number of carbonyl (C=O) groups is 2. The highest BCUT2D eigenvalue weighted by molar-refractivity contribution is 7.20. The molecule has 2 amide bonds. The van der Waals surface area contributed by atoms with Gasteiger partial charge in [0, 0.05) is 30.4 Å². The molecule has 3 aromatic rings. The lowest BCUT2D eigenvalue weighted by Crippen LogP contribution is -2.59. The largest absolute Gasteiger partial charge is 0.379 e. The van der Waals surface area contributed by atoms with Crippen molar-refractivity contribution in [2.75, 3.05) is 52.5 Å². The first kappa shape index (κ1) is 32.2. The summed E-state index contributed by atoms with van der Waals surface area (Å²) in [5, 5.41) is 7.75. The molecule has 3 fully saturated rings. The van der Waals surface area contributed by atoms with Gasteiger partial charge in [0.15, 0.2) is 0 Å². The van der Waals surface area contributed by atoms with E-state index in [1.54, 1.807) is 0 Å². The Morgan fingerprint density at radius 1 is 0.978 bits per heavy atom. The molecule has 45 heavy (non-hydrogen) atoms. The molecule has 1 aromatic heterocycles. The standard InChI is InChI=1S/C37H50N4O3S/c1-28-11-12-31-26-34(45-33(31)24-28)35(42)39-37(15-5-6-16-37)36(43)38-32(25-29-8-3-2-4-9-29)10-7-17-40-18-13-30(14-19-40)27-41-20-22-44-23-21-41/h2-4,8-9,11-12,24,26,30,32H,5-7,10,13-23,25,27H2,1H3,(H,38,43)(H,39,42)/t32-/m0/s1. The lowest BCUT2D eigenvalue weighted by Gasteiger charge is -2.36. The Balaban J connectivity index is 1.05. The van der Waals surface area contributed by atoms with Crippen LogP contribution in [0.3, 0.4) is 0 Å². The Morgan fingerprint density at radius 3 is 2.49 bits per heavy atom. The number of benzene rings is 2. The minimum atomic E-state index is -0.847. The molecule has 0 spiro atoms. The Kier molecular flexibility index (Phi) is 10.9. The average molecular weight is 631 g/mol. The van der Waals surface area contributed by atoms with Crippen LogP contribution in [0.15, 0.2) is 54.6 Å². The SMILES string of the molecule is Cc1ccc2cc(C(=O)NC3(C(=O)N[C@@H](CCCN4CCC(CN5CCOCC5)CC4)Cc4ccccc4)CCCC3)sc2c1. The minimum Gasteiger partial charge on any atom is -0.379 e. The summed E-state index contributed by atoms with van der Waals surface area (Å²) in [5.41, 5.74) is 1.57. The quantitative estimate of drug-likeness (QED) is 0.265. The summed E-state index contributed by atoms with van der Waals surface area (Å²) in [5.74, 6) is 0.636. The second-order valence-corrected chi connectivity index (χ2v) is 14.7. The number of piperidine rings is 1. The second-order valence-electron chi connectivity index (χ2n) is 13.6. The van der Waals surface area contributed by atoms with Gasteiger partial charge in [-0.3, -0.25) is 14.5 Å². The topological polar surface area (TPSA) is 73.9 Å². The number of hydrogen-bond donors (Lipinski definition) is 2. The number of hydrogen-bond acceptors (Lipinski definition) is 6. The third-order valence-electron chi connectivity index (χ3n) is 10.2. The summed E-state index contributed by atoms with van der Waals surface area (Å²) >= 11 is 1.51. The lowest BCUT2D eigenvalue weighted by atomic mass is 9.93. The van der Waals surface area contributed by atoms with Gasteiger partial charge in [0.05, 0.1) is 18.1 Å². The number of fused-ring (bicyclic) bond motifs is 1. The Hall–Kier alpha value is -2.78. The van der Waals surface area contributed by atoms with Gasteiger partial charge in [0.25, 0.3) is 5.91 Å².